The lowest BCUT2D eigenvalue weighted by molar-refractivity contribution is 0.600. The van der Waals surface area contributed by atoms with Gasteiger partial charge in [0.2, 0.25) is 5.95 Å². The van der Waals surface area contributed by atoms with E-state index in [1.54, 1.807) is 6.07 Å². The fourth-order valence-corrected chi connectivity index (χ4v) is 2.28. The average molecular weight is 249 g/mol. The summed E-state index contributed by atoms with van der Waals surface area (Å²) in [5.41, 5.74) is -0.161. The van der Waals surface area contributed by atoms with Crippen LogP contribution in [-0.2, 0) is 10.0 Å². The van der Waals surface area contributed by atoms with Gasteiger partial charge in [-0.3, -0.25) is 0 Å². The summed E-state index contributed by atoms with van der Waals surface area (Å²) in [6.45, 7) is 0. The number of aromatic nitrogens is 3. The molecule has 0 aliphatic heterocycles. The number of rotatable bonds is 3. The van der Waals surface area contributed by atoms with Crippen molar-refractivity contribution in [1.82, 2.24) is 15.0 Å². The van der Waals surface area contributed by atoms with Gasteiger partial charge in [-0.2, -0.15) is 5.26 Å². The Balaban J connectivity index is 2.42. The van der Waals surface area contributed by atoms with Crippen LogP contribution >= 0.6 is 0 Å². The normalized spacial score (nSPS) is 10.8. The zero-order chi connectivity index (χ0) is 12.3. The van der Waals surface area contributed by atoms with E-state index in [0.717, 1.165) is 0 Å². The Bertz CT molecular complexity index is 657. The van der Waals surface area contributed by atoms with Crippen LogP contribution in [0.25, 0.3) is 0 Å². The SMILES string of the molecule is N#Cc1ncccc1S(=O)(=O)Nc1ncc[nH]1. The van der Waals surface area contributed by atoms with Crippen LogP contribution < -0.4 is 4.72 Å². The quantitative estimate of drug-likeness (QED) is 0.821. The number of nitrogens with one attached hydrogen (secondary N) is 2. The van der Waals surface area contributed by atoms with Crippen molar-refractivity contribution in [2.45, 2.75) is 4.90 Å². The minimum atomic E-state index is -3.85. The van der Waals surface area contributed by atoms with Crippen LogP contribution in [0.1, 0.15) is 5.69 Å². The summed E-state index contributed by atoms with van der Waals surface area (Å²) in [7, 11) is -3.85. The second-order valence-corrected chi connectivity index (χ2v) is 4.66. The lowest BCUT2D eigenvalue weighted by Crippen LogP contribution is -2.15. The molecule has 2 aromatic heterocycles. The van der Waals surface area contributed by atoms with Crippen molar-refractivity contribution in [3.63, 3.8) is 0 Å². The highest BCUT2D eigenvalue weighted by molar-refractivity contribution is 7.92. The molecule has 0 saturated carbocycles. The Morgan fingerprint density at radius 3 is 2.82 bits per heavy atom. The van der Waals surface area contributed by atoms with E-state index in [1.807, 2.05) is 0 Å². The van der Waals surface area contributed by atoms with Gasteiger partial charge in [-0.05, 0) is 12.1 Å². The minimum Gasteiger partial charge on any atom is -0.330 e. The number of H-pyrrole nitrogens is 1. The van der Waals surface area contributed by atoms with Crippen LogP contribution in [0.3, 0.4) is 0 Å². The van der Waals surface area contributed by atoms with E-state index < -0.39 is 10.0 Å². The molecule has 0 fully saturated rings. The largest absolute Gasteiger partial charge is 0.330 e. The molecule has 0 aliphatic rings. The number of imidazole rings is 1. The highest BCUT2D eigenvalue weighted by Crippen LogP contribution is 2.14. The van der Waals surface area contributed by atoms with E-state index in [0.29, 0.717) is 0 Å². The van der Waals surface area contributed by atoms with Crippen molar-refractivity contribution >= 4 is 16.0 Å². The van der Waals surface area contributed by atoms with Crippen molar-refractivity contribution in [2.24, 2.45) is 0 Å². The summed E-state index contributed by atoms with van der Waals surface area (Å²) < 4.78 is 26.0. The summed E-state index contributed by atoms with van der Waals surface area (Å²) in [5, 5.41) is 8.78. The second-order valence-electron chi connectivity index (χ2n) is 3.01. The first-order chi connectivity index (χ1) is 8.13. The van der Waals surface area contributed by atoms with Gasteiger partial charge in [-0.25, -0.2) is 23.1 Å². The van der Waals surface area contributed by atoms with Gasteiger partial charge < -0.3 is 4.98 Å². The molecular formula is C9H7N5O2S. The first-order valence-electron chi connectivity index (χ1n) is 4.51. The summed E-state index contributed by atoms with van der Waals surface area (Å²) in [4.78, 5) is 9.83. The Hall–Kier alpha value is -2.40. The fourth-order valence-electron chi connectivity index (χ4n) is 1.19. The van der Waals surface area contributed by atoms with Crippen molar-refractivity contribution < 1.29 is 8.42 Å². The van der Waals surface area contributed by atoms with E-state index >= 15 is 0 Å². The number of anilines is 1. The van der Waals surface area contributed by atoms with Crippen LogP contribution in [0, 0.1) is 11.3 Å². The number of sulfonamides is 1. The summed E-state index contributed by atoms with van der Waals surface area (Å²) in [6.07, 6.45) is 4.24. The summed E-state index contributed by atoms with van der Waals surface area (Å²) in [5.74, 6) is 0.0812. The Labute approximate surface area is 97.2 Å². The van der Waals surface area contributed by atoms with Gasteiger partial charge in [0.15, 0.2) is 5.69 Å². The van der Waals surface area contributed by atoms with Gasteiger partial charge in [-0.1, -0.05) is 0 Å². The number of hydrogen-bond acceptors (Lipinski definition) is 5. The third-order valence-electron chi connectivity index (χ3n) is 1.90. The predicted octanol–water partition coefficient (Wildman–Crippen LogP) is 0.477. The first kappa shape index (κ1) is 11.1. The molecule has 8 heteroatoms. The maximum absolute atomic E-state index is 11.9. The Morgan fingerprint density at radius 1 is 1.35 bits per heavy atom. The first-order valence-corrected chi connectivity index (χ1v) is 5.99. The van der Waals surface area contributed by atoms with Gasteiger partial charge in [0.25, 0.3) is 10.0 Å². The molecule has 0 saturated heterocycles. The third kappa shape index (κ3) is 2.24. The van der Waals surface area contributed by atoms with Gasteiger partial charge in [0, 0.05) is 18.6 Å². The Morgan fingerprint density at radius 2 is 2.18 bits per heavy atom. The molecule has 0 unspecified atom stereocenters. The van der Waals surface area contributed by atoms with E-state index in [9.17, 15) is 8.42 Å². The predicted molar refractivity (Wildman–Crippen MR) is 58.3 cm³/mol. The number of hydrogen-bond donors (Lipinski definition) is 2. The molecule has 2 heterocycles. The standard InChI is InChI=1S/C9H7N5O2S/c10-6-7-8(2-1-3-11-7)17(15,16)14-9-12-4-5-13-9/h1-5H,(H2,12,13,14). The summed E-state index contributed by atoms with van der Waals surface area (Å²) >= 11 is 0. The topological polar surface area (TPSA) is 112 Å². The molecule has 17 heavy (non-hydrogen) atoms. The Kier molecular flexibility index (Phi) is 2.76. The zero-order valence-electron chi connectivity index (χ0n) is 8.45. The maximum atomic E-state index is 11.9. The van der Waals surface area contributed by atoms with Gasteiger partial charge >= 0.3 is 0 Å². The van der Waals surface area contributed by atoms with Crippen LogP contribution in [0.15, 0.2) is 35.6 Å². The highest BCUT2D eigenvalue weighted by atomic mass is 32.2. The molecule has 2 rings (SSSR count). The number of pyridine rings is 1. The van der Waals surface area contributed by atoms with Crippen molar-refractivity contribution in [3.05, 3.63) is 36.4 Å². The third-order valence-corrected chi connectivity index (χ3v) is 3.27. The minimum absolute atomic E-state index is 0.0812. The molecule has 0 aromatic carbocycles. The molecule has 2 aromatic rings. The van der Waals surface area contributed by atoms with E-state index in [2.05, 4.69) is 19.7 Å². The van der Waals surface area contributed by atoms with Crippen molar-refractivity contribution in [3.8, 4) is 6.07 Å². The molecule has 0 spiro atoms. The molecular weight excluding hydrogens is 242 g/mol. The molecule has 0 bridgehead atoms. The van der Waals surface area contributed by atoms with Gasteiger partial charge in [-0.15, -0.1) is 0 Å². The molecule has 86 valence electrons. The highest BCUT2D eigenvalue weighted by Gasteiger charge is 2.19. The van der Waals surface area contributed by atoms with Crippen molar-refractivity contribution in [2.75, 3.05) is 4.72 Å². The van der Waals surface area contributed by atoms with Crippen LogP contribution in [0.4, 0.5) is 5.95 Å². The van der Waals surface area contributed by atoms with Crippen LogP contribution in [0.2, 0.25) is 0 Å². The van der Waals surface area contributed by atoms with Gasteiger partial charge in [0.05, 0.1) is 0 Å². The number of nitrogens with zero attached hydrogens (tertiary/aromatic N) is 3. The molecule has 0 radical (unpaired) electrons. The lowest BCUT2D eigenvalue weighted by Gasteiger charge is -2.05. The molecule has 0 amide bonds. The average Bonchev–Trinajstić information content (AvgIpc) is 2.81. The second kappa shape index (κ2) is 4.23. The smallest absolute Gasteiger partial charge is 0.267 e. The molecule has 0 atom stereocenters. The maximum Gasteiger partial charge on any atom is 0.267 e. The fraction of sp³-hybridized carbons (Fsp3) is 0. The molecule has 0 aliphatic carbocycles. The van der Waals surface area contributed by atoms with E-state index in [1.165, 1.54) is 30.7 Å². The monoisotopic (exact) mass is 249 g/mol. The number of aromatic amines is 1. The van der Waals surface area contributed by atoms with Crippen molar-refractivity contribution in [1.29, 1.82) is 5.26 Å². The van der Waals surface area contributed by atoms with E-state index in [-0.39, 0.29) is 16.5 Å². The van der Waals surface area contributed by atoms with Crippen LogP contribution in [-0.4, -0.2) is 23.4 Å². The van der Waals surface area contributed by atoms with Crippen LogP contribution in [0.5, 0.6) is 0 Å². The van der Waals surface area contributed by atoms with E-state index in [4.69, 9.17) is 5.26 Å². The molecule has 2 N–H and O–H groups in total. The van der Waals surface area contributed by atoms with Gasteiger partial charge in [0.1, 0.15) is 11.0 Å². The molecule has 7 nitrogen and oxygen atoms in total. The zero-order valence-corrected chi connectivity index (χ0v) is 9.27. The number of nitriles is 1. The summed E-state index contributed by atoms with van der Waals surface area (Å²) in [6, 6.07) is 4.46. The lowest BCUT2D eigenvalue weighted by atomic mass is 10.4.